The molecule has 0 N–H and O–H groups in total. The molecule has 0 spiro atoms. The van der Waals surface area contributed by atoms with Crippen LogP contribution in [0.1, 0.15) is 40.0 Å². The lowest BCUT2D eigenvalue weighted by Crippen LogP contribution is -2.27. The lowest BCUT2D eigenvalue weighted by atomic mass is 9.67. The Bertz CT molecular complexity index is 230. The van der Waals surface area contributed by atoms with Gasteiger partial charge in [0.1, 0.15) is 0 Å². The van der Waals surface area contributed by atoms with Gasteiger partial charge < -0.3 is 0 Å². The zero-order valence-corrected chi connectivity index (χ0v) is 8.22. The zero-order valence-electron chi connectivity index (χ0n) is 8.22. The van der Waals surface area contributed by atoms with Crippen molar-refractivity contribution in [3.05, 3.63) is 11.6 Å². The van der Waals surface area contributed by atoms with Crippen LogP contribution in [0.15, 0.2) is 11.6 Å². The van der Waals surface area contributed by atoms with Crippen LogP contribution in [0.2, 0.25) is 0 Å². The zero-order chi connectivity index (χ0) is 9.19. The van der Waals surface area contributed by atoms with Crippen LogP contribution in [0, 0.1) is 22.7 Å². The molecule has 0 aromatic heterocycles. The maximum absolute atomic E-state index is 8.69. The Morgan fingerprint density at radius 1 is 1.67 bits per heavy atom. The monoisotopic (exact) mass is 163 g/mol. The second-order valence-electron chi connectivity index (χ2n) is 4.39. The van der Waals surface area contributed by atoms with E-state index in [4.69, 9.17) is 5.26 Å². The van der Waals surface area contributed by atoms with E-state index in [1.807, 2.05) is 0 Å². The highest BCUT2D eigenvalue weighted by molar-refractivity contribution is 5.13. The molecule has 12 heavy (non-hydrogen) atoms. The van der Waals surface area contributed by atoms with Crippen molar-refractivity contribution in [3.63, 3.8) is 0 Å². The number of hydrogen-bond acceptors (Lipinski definition) is 1. The number of rotatable bonds is 1. The summed E-state index contributed by atoms with van der Waals surface area (Å²) in [6, 6.07) is 2.28. The van der Waals surface area contributed by atoms with Crippen molar-refractivity contribution in [2.75, 3.05) is 0 Å². The third-order valence-corrected chi connectivity index (χ3v) is 3.04. The highest BCUT2D eigenvalue weighted by atomic mass is 14.4. The predicted octanol–water partition coefficient (Wildman–Crippen LogP) is 3.28. The first-order chi connectivity index (χ1) is 5.58. The van der Waals surface area contributed by atoms with Gasteiger partial charge in [-0.15, -0.1) is 0 Å². The van der Waals surface area contributed by atoms with Crippen LogP contribution in [0.3, 0.4) is 0 Å². The maximum Gasteiger partial charge on any atom is 0.0628 e. The van der Waals surface area contributed by atoms with Crippen LogP contribution >= 0.6 is 0 Å². The summed E-state index contributed by atoms with van der Waals surface area (Å²) in [5.74, 6) is 0.483. The molecular formula is C11H17N. The Morgan fingerprint density at radius 3 is 2.83 bits per heavy atom. The highest BCUT2D eigenvalue weighted by Gasteiger charge is 2.32. The molecule has 1 aliphatic carbocycles. The molecule has 0 aromatic carbocycles. The van der Waals surface area contributed by atoms with Crippen molar-refractivity contribution in [2.45, 2.75) is 40.0 Å². The lowest BCUT2D eigenvalue weighted by molar-refractivity contribution is 0.218. The van der Waals surface area contributed by atoms with Crippen LogP contribution in [0.25, 0.3) is 0 Å². The molecule has 1 heteroatoms. The molecule has 0 fully saturated rings. The molecule has 0 amide bonds. The second-order valence-corrected chi connectivity index (χ2v) is 4.39. The summed E-state index contributed by atoms with van der Waals surface area (Å²) in [6.07, 6.45) is 5.36. The summed E-state index contributed by atoms with van der Waals surface area (Å²) in [5, 5.41) is 8.69. The maximum atomic E-state index is 8.69. The van der Waals surface area contributed by atoms with Gasteiger partial charge in [-0.3, -0.25) is 0 Å². The Hall–Kier alpha value is -0.770. The van der Waals surface area contributed by atoms with Crippen molar-refractivity contribution in [1.82, 2.24) is 0 Å². The van der Waals surface area contributed by atoms with Gasteiger partial charge in [0.15, 0.2) is 0 Å². The summed E-state index contributed by atoms with van der Waals surface area (Å²) in [7, 11) is 0. The molecule has 0 saturated carbocycles. The van der Waals surface area contributed by atoms with Crippen molar-refractivity contribution in [3.8, 4) is 6.07 Å². The van der Waals surface area contributed by atoms with Crippen LogP contribution < -0.4 is 0 Å². The number of allylic oxidation sites excluding steroid dienone is 2. The first-order valence-electron chi connectivity index (χ1n) is 4.61. The van der Waals surface area contributed by atoms with Gasteiger partial charge in [0.25, 0.3) is 0 Å². The molecule has 0 saturated heterocycles. The number of nitrogens with zero attached hydrogens (tertiary/aromatic N) is 1. The van der Waals surface area contributed by atoms with Crippen LogP contribution in [-0.2, 0) is 0 Å². The summed E-state index contributed by atoms with van der Waals surface area (Å²) >= 11 is 0. The van der Waals surface area contributed by atoms with E-state index in [9.17, 15) is 0 Å². The Balaban J connectivity index is 2.82. The molecule has 0 aliphatic heterocycles. The molecule has 1 unspecified atom stereocenters. The summed E-state index contributed by atoms with van der Waals surface area (Å²) < 4.78 is 0. The van der Waals surface area contributed by atoms with Gasteiger partial charge in [0.05, 0.1) is 6.07 Å². The van der Waals surface area contributed by atoms with Crippen LogP contribution in [0.5, 0.6) is 0 Å². The van der Waals surface area contributed by atoms with Gasteiger partial charge in [-0.2, -0.15) is 5.26 Å². The largest absolute Gasteiger partial charge is 0.198 e. The van der Waals surface area contributed by atoms with Crippen LogP contribution in [-0.4, -0.2) is 0 Å². The third kappa shape index (κ3) is 1.69. The smallest absolute Gasteiger partial charge is 0.0628 e. The molecular weight excluding hydrogens is 146 g/mol. The van der Waals surface area contributed by atoms with Crippen molar-refractivity contribution in [1.29, 1.82) is 5.26 Å². The highest BCUT2D eigenvalue weighted by Crippen LogP contribution is 2.42. The fraction of sp³-hybridized carbons (Fsp3) is 0.727. The van der Waals surface area contributed by atoms with Gasteiger partial charge in [0.2, 0.25) is 0 Å². The molecule has 0 bridgehead atoms. The minimum absolute atomic E-state index is 0.328. The third-order valence-electron chi connectivity index (χ3n) is 3.04. The normalized spacial score (nSPS) is 27.5. The minimum Gasteiger partial charge on any atom is -0.198 e. The van der Waals surface area contributed by atoms with E-state index in [-0.39, 0.29) is 0 Å². The van der Waals surface area contributed by atoms with E-state index < -0.39 is 0 Å². The van der Waals surface area contributed by atoms with E-state index in [2.05, 4.69) is 32.9 Å². The fourth-order valence-electron chi connectivity index (χ4n) is 2.13. The van der Waals surface area contributed by atoms with Crippen molar-refractivity contribution in [2.24, 2.45) is 11.3 Å². The van der Waals surface area contributed by atoms with E-state index >= 15 is 0 Å². The van der Waals surface area contributed by atoms with Gasteiger partial charge >= 0.3 is 0 Å². The molecule has 1 rings (SSSR count). The van der Waals surface area contributed by atoms with Gasteiger partial charge in [-0.05, 0) is 31.1 Å². The van der Waals surface area contributed by atoms with Gasteiger partial charge in [-0.25, -0.2) is 0 Å². The summed E-state index contributed by atoms with van der Waals surface area (Å²) in [6.45, 7) is 6.69. The number of nitriles is 1. The van der Waals surface area contributed by atoms with E-state index in [1.165, 1.54) is 18.4 Å². The Morgan fingerprint density at radius 2 is 2.33 bits per heavy atom. The van der Waals surface area contributed by atoms with Crippen molar-refractivity contribution >= 4 is 0 Å². The SMILES string of the molecule is CC1=CCCC(C)(C)C1CC#N. The Labute approximate surface area is 75.1 Å². The molecule has 0 radical (unpaired) electrons. The predicted molar refractivity (Wildman–Crippen MR) is 50.5 cm³/mol. The molecule has 0 heterocycles. The van der Waals surface area contributed by atoms with Gasteiger partial charge in [-0.1, -0.05) is 25.5 Å². The molecule has 1 aliphatic rings. The van der Waals surface area contributed by atoms with Crippen LogP contribution in [0.4, 0.5) is 0 Å². The van der Waals surface area contributed by atoms with E-state index in [0.717, 1.165) is 0 Å². The van der Waals surface area contributed by atoms with E-state index in [0.29, 0.717) is 17.8 Å². The molecule has 0 aromatic rings. The summed E-state index contributed by atoms with van der Waals surface area (Å²) in [4.78, 5) is 0. The first kappa shape index (κ1) is 9.32. The average molecular weight is 163 g/mol. The molecule has 66 valence electrons. The minimum atomic E-state index is 0.328. The first-order valence-corrected chi connectivity index (χ1v) is 4.61. The van der Waals surface area contributed by atoms with Gasteiger partial charge in [0, 0.05) is 6.42 Å². The molecule has 1 nitrogen and oxygen atoms in total. The fourth-order valence-corrected chi connectivity index (χ4v) is 2.13. The second kappa shape index (κ2) is 3.31. The van der Waals surface area contributed by atoms with Crippen molar-refractivity contribution < 1.29 is 0 Å². The molecule has 1 atom stereocenters. The average Bonchev–Trinajstić information content (AvgIpc) is 1.97. The topological polar surface area (TPSA) is 23.8 Å². The number of hydrogen-bond donors (Lipinski definition) is 0. The lowest BCUT2D eigenvalue weighted by Gasteiger charge is -2.37. The Kier molecular flexibility index (Phi) is 2.57. The quantitative estimate of drug-likeness (QED) is 0.544. The van der Waals surface area contributed by atoms with E-state index in [1.54, 1.807) is 0 Å². The summed E-state index contributed by atoms with van der Waals surface area (Å²) in [5.41, 5.74) is 1.74. The standard InChI is InChI=1S/C11H17N/c1-9-5-4-7-11(2,3)10(9)6-8-12/h5,10H,4,6-7H2,1-3H3.